The number of aromatic nitrogens is 1. The zero-order valence-electron chi connectivity index (χ0n) is 22.7. The van der Waals surface area contributed by atoms with Crippen molar-refractivity contribution in [2.75, 3.05) is 38.3 Å². The van der Waals surface area contributed by atoms with Gasteiger partial charge in [0.2, 0.25) is 15.9 Å². The number of ether oxygens (including phenoxy) is 3. The van der Waals surface area contributed by atoms with Gasteiger partial charge >= 0.3 is 11.9 Å². The molecule has 0 saturated carbocycles. The lowest BCUT2D eigenvalue weighted by Gasteiger charge is -2.40. The summed E-state index contributed by atoms with van der Waals surface area (Å²) in [5.41, 5.74) is 1.98. The van der Waals surface area contributed by atoms with Crippen molar-refractivity contribution in [1.82, 2.24) is 9.71 Å². The molecule has 1 fully saturated rings. The molecule has 0 bridgehead atoms. The highest BCUT2D eigenvalue weighted by Crippen LogP contribution is 2.38. The normalized spacial score (nSPS) is 13.4. The summed E-state index contributed by atoms with van der Waals surface area (Å²) in [6.45, 7) is 6.13. The molecule has 39 heavy (non-hydrogen) atoms. The predicted molar refractivity (Wildman–Crippen MR) is 144 cm³/mol. The van der Waals surface area contributed by atoms with Crippen LogP contribution < -0.4 is 14.4 Å². The number of pyridine rings is 1. The maximum Gasteiger partial charge on any atom is 0.340 e. The zero-order chi connectivity index (χ0) is 28.6. The van der Waals surface area contributed by atoms with Crippen LogP contribution in [0.1, 0.15) is 53.9 Å². The number of carbonyl (C=O) groups excluding carboxylic acids is 3. The molecule has 11 nitrogen and oxygen atoms in total. The minimum absolute atomic E-state index is 0.167. The maximum atomic E-state index is 12.7. The van der Waals surface area contributed by atoms with Gasteiger partial charge in [-0.15, -0.1) is 0 Å². The quantitative estimate of drug-likeness (QED) is 0.286. The van der Waals surface area contributed by atoms with E-state index in [2.05, 4.69) is 14.4 Å². The summed E-state index contributed by atoms with van der Waals surface area (Å²) in [6, 6.07) is 8.62. The van der Waals surface area contributed by atoms with Gasteiger partial charge in [-0.25, -0.2) is 18.2 Å². The summed E-state index contributed by atoms with van der Waals surface area (Å²) < 4.78 is 43.2. The van der Waals surface area contributed by atoms with Crippen LogP contribution in [0.25, 0.3) is 0 Å². The van der Waals surface area contributed by atoms with Crippen LogP contribution in [-0.2, 0) is 41.3 Å². The molecule has 1 amide bonds. The highest BCUT2D eigenvalue weighted by atomic mass is 32.2. The number of nitrogens with one attached hydrogen (secondary N) is 1. The van der Waals surface area contributed by atoms with Crippen LogP contribution >= 0.6 is 0 Å². The van der Waals surface area contributed by atoms with E-state index in [0.29, 0.717) is 46.8 Å². The molecular formula is C27H35N3O8S. The van der Waals surface area contributed by atoms with Crippen molar-refractivity contribution in [3.63, 3.8) is 0 Å². The number of rotatable bonds is 13. The number of benzene rings is 1. The van der Waals surface area contributed by atoms with Gasteiger partial charge in [0.05, 0.1) is 43.3 Å². The van der Waals surface area contributed by atoms with Crippen molar-refractivity contribution in [1.29, 1.82) is 0 Å². The number of hydrogen-bond acceptors (Lipinski definition) is 10. The summed E-state index contributed by atoms with van der Waals surface area (Å²) in [6.07, 6.45) is 1.01. The highest BCUT2D eigenvalue weighted by molar-refractivity contribution is 7.89. The number of esters is 2. The smallest absolute Gasteiger partial charge is 0.340 e. The second-order valence-electron chi connectivity index (χ2n) is 9.12. The molecule has 0 spiro atoms. The Labute approximate surface area is 228 Å². The predicted octanol–water partition coefficient (Wildman–Crippen LogP) is 2.54. The Morgan fingerprint density at radius 2 is 1.82 bits per heavy atom. The van der Waals surface area contributed by atoms with Gasteiger partial charge in [0.1, 0.15) is 0 Å². The van der Waals surface area contributed by atoms with E-state index in [9.17, 15) is 22.8 Å². The van der Waals surface area contributed by atoms with E-state index in [1.807, 2.05) is 11.8 Å². The van der Waals surface area contributed by atoms with Gasteiger partial charge in [-0.05, 0) is 32.3 Å². The van der Waals surface area contributed by atoms with Gasteiger partial charge in [0.25, 0.3) is 0 Å². The molecule has 0 unspecified atom stereocenters. The Kier molecular flexibility index (Phi) is 10.3. The largest absolute Gasteiger partial charge is 0.489 e. The van der Waals surface area contributed by atoms with Crippen molar-refractivity contribution < 1.29 is 37.0 Å². The van der Waals surface area contributed by atoms with Crippen LogP contribution in [0.15, 0.2) is 30.3 Å². The Hall–Kier alpha value is -3.67. The van der Waals surface area contributed by atoms with E-state index < -0.39 is 27.8 Å². The lowest BCUT2D eigenvalue weighted by Crippen LogP contribution is -2.55. The monoisotopic (exact) mass is 561 g/mol. The molecule has 1 aromatic carbocycles. The molecule has 2 aromatic rings. The van der Waals surface area contributed by atoms with Crippen molar-refractivity contribution in [2.24, 2.45) is 5.92 Å². The zero-order valence-corrected chi connectivity index (χ0v) is 23.5. The van der Waals surface area contributed by atoms with Gasteiger partial charge in [-0.3, -0.25) is 14.3 Å². The van der Waals surface area contributed by atoms with E-state index in [1.54, 1.807) is 44.2 Å². The van der Waals surface area contributed by atoms with E-state index in [-0.39, 0.29) is 44.4 Å². The molecule has 0 aliphatic carbocycles. The van der Waals surface area contributed by atoms with Gasteiger partial charge < -0.3 is 19.1 Å². The molecule has 0 radical (unpaired) electrons. The second kappa shape index (κ2) is 13.4. The van der Waals surface area contributed by atoms with Crippen molar-refractivity contribution in [2.45, 2.75) is 45.8 Å². The number of sulfonamides is 1. The first-order valence-corrected chi connectivity index (χ1v) is 14.5. The molecule has 1 aromatic heterocycles. The average Bonchev–Trinajstić information content (AvgIpc) is 2.85. The lowest BCUT2D eigenvalue weighted by molar-refractivity contribution is -0.140. The summed E-state index contributed by atoms with van der Waals surface area (Å²) >= 11 is 0. The topological polar surface area (TPSA) is 141 Å². The SMILES string of the molecule is CCOC(=O)c1c(C)nc(N2CC(C(=O)NS(=O)(=O)Cc3ccccc3)C2)c(OCCCC(=O)OC)c1CC. The average molecular weight is 562 g/mol. The molecule has 1 aliphatic rings. The number of nitrogens with zero attached hydrogens (tertiary/aromatic N) is 2. The van der Waals surface area contributed by atoms with Crippen LogP contribution in [0.5, 0.6) is 5.75 Å². The fraction of sp³-hybridized carbons (Fsp3) is 0.481. The molecule has 1 N–H and O–H groups in total. The number of methoxy groups -OCH3 is 1. The van der Waals surface area contributed by atoms with E-state index in [4.69, 9.17) is 9.47 Å². The number of amides is 1. The van der Waals surface area contributed by atoms with E-state index in [0.717, 1.165) is 0 Å². The van der Waals surface area contributed by atoms with Crippen LogP contribution in [0.2, 0.25) is 0 Å². The van der Waals surface area contributed by atoms with E-state index in [1.165, 1.54) is 7.11 Å². The first-order chi connectivity index (χ1) is 18.6. The van der Waals surface area contributed by atoms with Crippen LogP contribution in [0, 0.1) is 12.8 Å². The number of anilines is 1. The van der Waals surface area contributed by atoms with Crippen LogP contribution in [0.3, 0.4) is 0 Å². The van der Waals surface area contributed by atoms with Gasteiger partial charge in [0, 0.05) is 25.1 Å². The summed E-state index contributed by atoms with van der Waals surface area (Å²) in [7, 11) is -2.54. The second-order valence-corrected chi connectivity index (χ2v) is 10.8. The van der Waals surface area contributed by atoms with Crippen molar-refractivity contribution >= 4 is 33.7 Å². The molecule has 3 rings (SSSR count). The number of carbonyl (C=O) groups is 3. The standard InChI is InChI=1S/C27H35N3O8S/c1-5-21-23(27(33)37-6-2)18(3)28-25(24(21)38-14-10-13-22(31)36-4)30-15-20(16-30)26(32)29-39(34,35)17-19-11-8-7-9-12-19/h7-9,11-12,20H,5-6,10,13-17H2,1-4H3,(H,29,32). The maximum absolute atomic E-state index is 12.7. The van der Waals surface area contributed by atoms with Crippen molar-refractivity contribution in [3.8, 4) is 5.75 Å². The van der Waals surface area contributed by atoms with Crippen LogP contribution in [-0.4, -0.2) is 64.7 Å². The molecule has 2 heterocycles. The first-order valence-electron chi connectivity index (χ1n) is 12.8. The summed E-state index contributed by atoms with van der Waals surface area (Å²) in [5.74, 6) is -1.48. The summed E-state index contributed by atoms with van der Waals surface area (Å²) in [5, 5.41) is 0. The molecule has 1 saturated heterocycles. The third-order valence-corrected chi connectivity index (χ3v) is 7.48. The summed E-state index contributed by atoms with van der Waals surface area (Å²) in [4.78, 5) is 43.4. The third kappa shape index (κ3) is 7.69. The molecular weight excluding hydrogens is 526 g/mol. The minimum atomic E-state index is -3.86. The molecule has 1 aliphatic heterocycles. The van der Waals surface area contributed by atoms with Gasteiger partial charge in [-0.2, -0.15) is 0 Å². The van der Waals surface area contributed by atoms with E-state index >= 15 is 0 Å². The number of hydrogen-bond donors (Lipinski definition) is 1. The van der Waals surface area contributed by atoms with Gasteiger partial charge in [-0.1, -0.05) is 37.3 Å². The molecule has 12 heteroatoms. The Balaban J connectivity index is 1.77. The van der Waals surface area contributed by atoms with Crippen LogP contribution in [0.4, 0.5) is 5.82 Å². The molecule has 0 atom stereocenters. The number of aryl methyl sites for hydroxylation is 1. The Bertz CT molecular complexity index is 1290. The van der Waals surface area contributed by atoms with Gasteiger partial charge in [0.15, 0.2) is 11.6 Å². The molecule has 212 valence electrons. The Morgan fingerprint density at radius 3 is 2.44 bits per heavy atom. The highest BCUT2D eigenvalue weighted by Gasteiger charge is 2.38. The van der Waals surface area contributed by atoms with Crippen molar-refractivity contribution in [3.05, 3.63) is 52.7 Å². The lowest BCUT2D eigenvalue weighted by atomic mass is 9.97. The fourth-order valence-corrected chi connectivity index (χ4v) is 5.46. The minimum Gasteiger partial charge on any atom is -0.489 e. The third-order valence-electron chi connectivity index (χ3n) is 6.25. The fourth-order valence-electron chi connectivity index (χ4n) is 4.29. The first kappa shape index (κ1) is 29.9. The Morgan fingerprint density at radius 1 is 1.13 bits per heavy atom.